The second-order valence-electron chi connectivity index (χ2n) is 21.3. The van der Waals surface area contributed by atoms with Crippen LogP contribution in [0.1, 0.15) is 234 Å². The van der Waals surface area contributed by atoms with Crippen LogP contribution in [0.4, 0.5) is 0 Å². The Bertz CT molecular complexity index is 751. The third kappa shape index (κ3) is 32.6. The highest BCUT2D eigenvalue weighted by Crippen LogP contribution is 2.29. The van der Waals surface area contributed by atoms with E-state index in [-0.39, 0.29) is 11.7 Å². The first-order valence-corrected chi connectivity index (χ1v) is 24.8. The molecule has 0 radical (unpaired) electrons. The maximum absolute atomic E-state index is 5.39. The van der Waals surface area contributed by atoms with Crippen molar-refractivity contribution in [1.29, 1.82) is 0 Å². The van der Waals surface area contributed by atoms with Crippen molar-refractivity contribution in [3.8, 4) is 0 Å². The zero-order chi connectivity index (χ0) is 41.9. The maximum atomic E-state index is 5.39. The fourth-order valence-electron chi connectivity index (χ4n) is 8.37. The first kappa shape index (κ1) is 56.1. The molecule has 1 aromatic rings. The average Bonchev–Trinajstić information content (AvgIpc) is 3.18. The van der Waals surface area contributed by atoms with Crippen LogP contribution in [0.5, 0.6) is 0 Å². The molecule has 7 rings (SSSR count). The topological polar surface area (TPSA) is 18.5 Å². The van der Waals surface area contributed by atoms with Crippen molar-refractivity contribution in [1.82, 2.24) is 0 Å². The number of rotatable bonds is 0. The van der Waals surface area contributed by atoms with Crippen LogP contribution < -0.4 is 0 Å². The monoisotopic (exact) mass is 806 g/mol. The van der Waals surface area contributed by atoms with Crippen LogP contribution in [0.2, 0.25) is 0 Å². The van der Waals surface area contributed by atoms with Gasteiger partial charge in [-0.05, 0) is 113 Å². The van der Waals surface area contributed by atoms with E-state index in [0.717, 1.165) is 72.4 Å². The number of ether oxygens (including phenoxy) is 2. The average molecular weight is 807 g/mol. The largest absolute Gasteiger partial charge is 0.378 e. The van der Waals surface area contributed by atoms with E-state index in [1.807, 2.05) is 0 Å². The molecule has 4 unspecified atom stereocenters. The second-order valence-corrected chi connectivity index (χ2v) is 21.3. The summed E-state index contributed by atoms with van der Waals surface area (Å²) in [5.41, 5.74) is 2.66. The van der Waals surface area contributed by atoms with Crippen LogP contribution >= 0.6 is 0 Å². The molecule has 4 atom stereocenters. The van der Waals surface area contributed by atoms with Gasteiger partial charge in [0.15, 0.2) is 0 Å². The summed E-state index contributed by atoms with van der Waals surface area (Å²) in [6.45, 7) is 33.8. The minimum absolute atomic E-state index is 0. The van der Waals surface area contributed by atoms with Crippen LogP contribution in [0.3, 0.4) is 0 Å². The smallest absolute Gasteiger partial charge is 0.0547 e. The van der Waals surface area contributed by atoms with E-state index in [9.17, 15) is 0 Å². The Morgan fingerprint density at radius 1 is 0.316 bits per heavy atom. The van der Waals surface area contributed by atoms with Gasteiger partial charge in [0.2, 0.25) is 0 Å². The van der Waals surface area contributed by atoms with Gasteiger partial charge < -0.3 is 9.47 Å². The molecule has 0 amide bonds. The Kier molecular flexibility index (Phi) is 33.3. The molecule has 1 aromatic carbocycles. The Hall–Kier alpha value is -0.860. The quantitative estimate of drug-likeness (QED) is 0.260. The minimum atomic E-state index is 0. The van der Waals surface area contributed by atoms with Crippen molar-refractivity contribution >= 4 is 0 Å². The third-order valence-corrected chi connectivity index (χ3v) is 13.9. The van der Waals surface area contributed by atoms with Crippen LogP contribution in [0, 0.1) is 73.0 Å². The summed E-state index contributed by atoms with van der Waals surface area (Å²) >= 11 is 0. The predicted molar refractivity (Wildman–Crippen MR) is 264 cm³/mol. The molecule has 0 bridgehead atoms. The Morgan fingerprint density at radius 3 is 0.596 bits per heavy atom. The van der Waals surface area contributed by atoms with E-state index in [1.54, 1.807) is 0 Å². The van der Waals surface area contributed by atoms with E-state index in [2.05, 4.69) is 121 Å². The standard InChI is InChI=1S/4C8H16.C8H10.2C7H14O.CH4.3H2/c5*1-7-3-5-8(2)6-4-7;2*1-6-3-4-7(2)8-5-6;;;;/h4*7-8H,3-6H2,1-2H3;3-6H,1-2H3;2*6-7H,3-5H2,1-2H3;1H4;3*1H/i;;;;;;;;1+1;;. The first-order chi connectivity index (χ1) is 26.5. The highest BCUT2D eigenvalue weighted by atomic mass is 16.5. The Labute approximate surface area is 365 Å². The van der Waals surface area contributed by atoms with Crippen LogP contribution in [0.25, 0.3) is 0 Å². The molecular weight excluding hydrogens is 693 g/mol. The van der Waals surface area contributed by atoms with Gasteiger partial charge in [0.25, 0.3) is 0 Å². The summed E-state index contributed by atoms with van der Waals surface area (Å²) in [4.78, 5) is 0. The van der Waals surface area contributed by atoms with Crippen molar-refractivity contribution in [2.24, 2.45) is 59.2 Å². The third-order valence-electron chi connectivity index (χ3n) is 13.9. The number of aryl methyl sites for hydroxylation is 2. The van der Waals surface area contributed by atoms with Gasteiger partial charge >= 0.3 is 0 Å². The molecule has 6 fully saturated rings. The SMILES string of the molecule is C.CC1CCC(C)CC1.CC1CCC(C)CC1.CC1CCC(C)CC1.CC1CCC(C)CC1.CC1CCC(C)OC1.CC1CCC(C)OC1.Cc1ccc(C)cc1.[2HH].[HH].[HH]. The summed E-state index contributed by atoms with van der Waals surface area (Å²) in [7, 11) is 0. The lowest BCUT2D eigenvalue weighted by atomic mass is 9.84. The van der Waals surface area contributed by atoms with Gasteiger partial charge in [-0.3, -0.25) is 0 Å². The van der Waals surface area contributed by atoms with Crippen molar-refractivity contribution in [3.63, 3.8) is 0 Å². The van der Waals surface area contributed by atoms with E-state index < -0.39 is 0 Å². The zero-order valence-electron chi connectivity index (χ0n) is 40.6. The molecule has 57 heavy (non-hydrogen) atoms. The molecule has 344 valence electrons. The molecule has 0 aromatic heterocycles. The lowest BCUT2D eigenvalue weighted by molar-refractivity contribution is 0.000174. The van der Waals surface area contributed by atoms with Gasteiger partial charge in [-0.15, -0.1) is 0 Å². The normalized spacial score (nSPS) is 34.8. The van der Waals surface area contributed by atoms with Gasteiger partial charge in [-0.25, -0.2) is 0 Å². The van der Waals surface area contributed by atoms with Gasteiger partial charge in [0.1, 0.15) is 0 Å². The highest BCUT2D eigenvalue weighted by Gasteiger charge is 2.16. The molecule has 0 spiro atoms. The van der Waals surface area contributed by atoms with E-state index >= 15 is 0 Å². The van der Waals surface area contributed by atoms with E-state index in [4.69, 9.17) is 9.47 Å². The second kappa shape index (κ2) is 33.8. The Balaban J connectivity index is -0.000000302. The van der Waals surface area contributed by atoms with Crippen molar-refractivity contribution < 1.29 is 13.8 Å². The number of benzene rings is 1. The van der Waals surface area contributed by atoms with Gasteiger partial charge in [0, 0.05) is 17.5 Å². The highest BCUT2D eigenvalue weighted by molar-refractivity contribution is 5.19. The fraction of sp³-hybridized carbons (Fsp3) is 0.891. The van der Waals surface area contributed by atoms with Gasteiger partial charge in [0.05, 0.1) is 12.2 Å². The van der Waals surface area contributed by atoms with Crippen molar-refractivity contribution in [2.45, 2.75) is 245 Å². The molecule has 0 N–H and O–H groups in total. The molecule has 2 nitrogen and oxygen atoms in total. The van der Waals surface area contributed by atoms with E-state index in [1.165, 1.54) is 140 Å². The summed E-state index contributed by atoms with van der Waals surface area (Å²) in [6.07, 6.45) is 29.8. The van der Waals surface area contributed by atoms with Crippen molar-refractivity contribution in [3.05, 3.63) is 35.4 Å². The van der Waals surface area contributed by atoms with Gasteiger partial charge in [-0.1, -0.05) is 215 Å². The molecule has 4 aliphatic carbocycles. The molecule has 2 aliphatic heterocycles. The fourth-order valence-corrected chi connectivity index (χ4v) is 8.37. The van der Waals surface area contributed by atoms with E-state index in [0.29, 0.717) is 12.2 Å². The predicted octanol–water partition coefficient (Wildman–Crippen LogP) is 18.7. The van der Waals surface area contributed by atoms with Crippen LogP contribution in [-0.2, 0) is 9.47 Å². The zero-order valence-corrected chi connectivity index (χ0v) is 40.6. The summed E-state index contributed by atoms with van der Waals surface area (Å²) < 4.78 is 10.8. The van der Waals surface area contributed by atoms with Gasteiger partial charge in [-0.2, -0.15) is 0 Å². The molecule has 2 heterocycles. The minimum Gasteiger partial charge on any atom is -0.378 e. The molecular formula is C55H112O2. The molecule has 2 saturated heterocycles. The summed E-state index contributed by atoms with van der Waals surface area (Å²) in [5.74, 6) is 9.75. The molecule has 6 aliphatic rings. The Morgan fingerprint density at radius 2 is 0.474 bits per heavy atom. The van der Waals surface area contributed by atoms with Crippen LogP contribution in [0.15, 0.2) is 24.3 Å². The molecule has 4 saturated carbocycles. The lowest BCUT2D eigenvalue weighted by Gasteiger charge is -2.23. The summed E-state index contributed by atoms with van der Waals surface area (Å²) in [5, 5.41) is 0. The lowest BCUT2D eigenvalue weighted by Crippen LogP contribution is -2.21. The number of hydrogen-bond donors (Lipinski definition) is 0. The number of hydrogen-bond acceptors (Lipinski definition) is 2. The van der Waals surface area contributed by atoms with Crippen LogP contribution in [-0.4, -0.2) is 25.4 Å². The molecule has 2 heteroatoms. The van der Waals surface area contributed by atoms with Crippen molar-refractivity contribution in [2.75, 3.05) is 13.2 Å². The summed E-state index contributed by atoms with van der Waals surface area (Å²) in [6, 6.07) is 8.48. The first-order valence-electron chi connectivity index (χ1n) is 24.8. The maximum Gasteiger partial charge on any atom is 0.0547 e.